The van der Waals surface area contributed by atoms with Gasteiger partial charge in [0, 0.05) is 17.1 Å². The zero-order valence-electron chi connectivity index (χ0n) is 9.88. The average Bonchev–Trinajstić information content (AvgIpc) is 2.33. The molecule has 0 fully saturated rings. The number of nitrogens with zero attached hydrogens (tertiary/aromatic N) is 1. The lowest BCUT2D eigenvalue weighted by Crippen LogP contribution is -2.23. The third-order valence-electron chi connectivity index (χ3n) is 2.80. The van der Waals surface area contributed by atoms with E-state index >= 15 is 0 Å². The van der Waals surface area contributed by atoms with Crippen LogP contribution in [0.4, 0.5) is 4.39 Å². The van der Waals surface area contributed by atoms with E-state index in [1.165, 1.54) is 6.07 Å². The number of allylic oxidation sites excluding steroid dienone is 3. The minimum Gasteiger partial charge on any atom is -0.340 e. The number of benzene rings is 1. The van der Waals surface area contributed by atoms with E-state index in [0.717, 1.165) is 5.70 Å². The average molecular weight is 284 g/mol. The largest absolute Gasteiger partial charge is 0.340 e. The Morgan fingerprint density at radius 3 is 2.61 bits per heavy atom. The van der Waals surface area contributed by atoms with Gasteiger partial charge >= 0.3 is 0 Å². The van der Waals surface area contributed by atoms with Crippen molar-refractivity contribution < 1.29 is 4.39 Å². The van der Waals surface area contributed by atoms with Gasteiger partial charge in [0.25, 0.3) is 0 Å². The van der Waals surface area contributed by atoms with Gasteiger partial charge in [-0.3, -0.25) is 0 Å². The molecule has 0 spiro atoms. The number of hydrogen-bond acceptors (Lipinski definition) is 1. The molecule has 0 aromatic heterocycles. The van der Waals surface area contributed by atoms with Crippen molar-refractivity contribution in [3.63, 3.8) is 0 Å². The summed E-state index contributed by atoms with van der Waals surface area (Å²) in [6.07, 6.45) is 3.51. The second kappa shape index (κ2) is 5.17. The smallest absolute Gasteiger partial charge is 0.134 e. The molecule has 0 saturated heterocycles. The fraction of sp³-hybridized carbons (Fsp3) is 0.143. The standard InChI is InChI=1S/C14H12Cl2FN/c1-3-18-9(2)12(16)6-7-14(18)11-5-4-10(15)8-13(11)17/h4-8H,2-3H2,1H3. The van der Waals surface area contributed by atoms with Crippen molar-refractivity contribution in [2.75, 3.05) is 6.54 Å². The molecule has 2 rings (SSSR count). The Labute approximate surface area is 116 Å². The van der Waals surface area contributed by atoms with Crippen LogP contribution < -0.4 is 0 Å². The van der Waals surface area contributed by atoms with Crippen LogP contribution in [0, 0.1) is 5.82 Å². The predicted molar refractivity (Wildman–Crippen MR) is 74.8 cm³/mol. The van der Waals surface area contributed by atoms with Gasteiger partial charge in [0.05, 0.1) is 16.4 Å². The Kier molecular flexibility index (Phi) is 3.79. The first kappa shape index (κ1) is 13.2. The zero-order chi connectivity index (χ0) is 13.3. The van der Waals surface area contributed by atoms with Gasteiger partial charge in [-0.15, -0.1) is 0 Å². The van der Waals surface area contributed by atoms with Crippen molar-refractivity contribution in [3.8, 4) is 0 Å². The van der Waals surface area contributed by atoms with Crippen molar-refractivity contribution in [3.05, 3.63) is 64.1 Å². The maximum atomic E-state index is 13.9. The first-order chi connectivity index (χ1) is 8.54. The van der Waals surface area contributed by atoms with E-state index < -0.39 is 0 Å². The molecule has 0 radical (unpaired) electrons. The van der Waals surface area contributed by atoms with Gasteiger partial charge in [0.15, 0.2) is 0 Å². The number of halogens is 3. The Hall–Kier alpha value is -1.25. The van der Waals surface area contributed by atoms with Gasteiger partial charge in [-0.05, 0) is 37.3 Å². The van der Waals surface area contributed by atoms with Crippen molar-refractivity contribution in [2.24, 2.45) is 0 Å². The summed E-state index contributed by atoms with van der Waals surface area (Å²) < 4.78 is 13.9. The lowest BCUT2D eigenvalue weighted by Gasteiger charge is -2.30. The normalized spacial score (nSPS) is 15.6. The van der Waals surface area contributed by atoms with E-state index in [2.05, 4.69) is 6.58 Å². The summed E-state index contributed by atoms with van der Waals surface area (Å²) >= 11 is 11.8. The molecule has 0 saturated carbocycles. The van der Waals surface area contributed by atoms with Crippen LogP contribution in [0.3, 0.4) is 0 Å². The fourth-order valence-electron chi connectivity index (χ4n) is 1.91. The highest BCUT2D eigenvalue weighted by atomic mass is 35.5. The molecule has 1 aliphatic heterocycles. The van der Waals surface area contributed by atoms with Gasteiger partial charge in [0.1, 0.15) is 5.82 Å². The first-order valence-corrected chi connectivity index (χ1v) is 6.30. The number of rotatable bonds is 2. The summed E-state index contributed by atoms with van der Waals surface area (Å²) in [6.45, 7) is 6.53. The van der Waals surface area contributed by atoms with Gasteiger partial charge < -0.3 is 4.90 Å². The van der Waals surface area contributed by atoms with Gasteiger partial charge in [-0.2, -0.15) is 0 Å². The van der Waals surface area contributed by atoms with Crippen LogP contribution in [0.25, 0.3) is 5.70 Å². The molecule has 1 heterocycles. The SMILES string of the molecule is C=C1C(Cl)=CC=C(c2ccc(Cl)cc2F)N1CC. The second-order valence-corrected chi connectivity index (χ2v) is 4.73. The van der Waals surface area contributed by atoms with Crippen molar-refractivity contribution >= 4 is 28.9 Å². The molecule has 1 aromatic carbocycles. The third kappa shape index (κ3) is 2.31. The molecule has 0 aliphatic carbocycles. The molecule has 18 heavy (non-hydrogen) atoms. The Bertz CT molecular complexity index is 561. The van der Waals surface area contributed by atoms with Crippen LogP contribution in [-0.4, -0.2) is 11.4 Å². The zero-order valence-corrected chi connectivity index (χ0v) is 11.4. The highest BCUT2D eigenvalue weighted by Gasteiger charge is 2.20. The summed E-state index contributed by atoms with van der Waals surface area (Å²) in [5, 5.41) is 0.943. The molecule has 1 aliphatic rings. The molecule has 1 aromatic rings. The maximum absolute atomic E-state index is 13.9. The Balaban J connectivity index is 2.52. The summed E-state index contributed by atoms with van der Waals surface area (Å²) in [6, 6.07) is 4.62. The minimum atomic E-state index is -0.355. The van der Waals surface area contributed by atoms with Crippen molar-refractivity contribution in [2.45, 2.75) is 6.92 Å². The molecule has 0 bridgehead atoms. The monoisotopic (exact) mass is 283 g/mol. The molecular weight excluding hydrogens is 272 g/mol. The highest BCUT2D eigenvalue weighted by molar-refractivity contribution is 6.32. The summed E-state index contributed by atoms with van der Waals surface area (Å²) in [5.41, 5.74) is 1.90. The lowest BCUT2D eigenvalue weighted by atomic mass is 10.1. The van der Waals surface area contributed by atoms with Crippen LogP contribution in [0.2, 0.25) is 5.02 Å². The highest BCUT2D eigenvalue weighted by Crippen LogP contribution is 2.33. The van der Waals surface area contributed by atoms with E-state index in [1.807, 2.05) is 11.8 Å². The number of hydrogen-bond donors (Lipinski definition) is 0. The van der Waals surface area contributed by atoms with E-state index in [4.69, 9.17) is 23.2 Å². The summed E-state index contributed by atoms with van der Waals surface area (Å²) in [5.74, 6) is -0.355. The Morgan fingerprint density at radius 2 is 2.00 bits per heavy atom. The van der Waals surface area contributed by atoms with E-state index in [1.54, 1.807) is 24.3 Å². The quantitative estimate of drug-likeness (QED) is 0.754. The van der Waals surface area contributed by atoms with E-state index in [0.29, 0.717) is 27.9 Å². The molecule has 1 nitrogen and oxygen atoms in total. The maximum Gasteiger partial charge on any atom is 0.134 e. The molecule has 0 unspecified atom stereocenters. The van der Waals surface area contributed by atoms with Gasteiger partial charge in [-0.25, -0.2) is 4.39 Å². The lowest BCUT2D eigenvalue weighted by molar-refractivity contribution is 0.520. The van der Waals surface area contributed by atoms with E-state index in [-0.39, 0.29) is 5.82 Å². The molecular formula is C14H12Cl2FN. The fourth-order valence-corrected chi connectivity index (χ4v) is 2.23. The molecule has 0 N–H and O–H groups in total. The molecule has 94 valence electrons. The first-order valence-electron chi connectivity index (χ1n) is 5.54. The van der Waals surface area contributed by atoms with E-state index in [9.17, 15) is 4.39 Å². The number of likely N-dealkylation sites (N-methyl/N-ethyl adjacent to an activating group) is 1. The van der Waals surface area contributed by atoms with Crippen LogP contribution in [-0.2, 0) is 0 Å². The van der Waals surface area contributed by atoms with Crippen LogP contribution >= 0.6 is 23.2 Å². The van der Waals surface area contributed by atoms with Gasteiger partial charge in [0.2, 0.25) is 0 Å². The third-order valence-corrected chi connectivity index (χ3v) is 3.38. The molecule has 4 heteroatoms. The van der Waals surface area contributed by atoms with Crippen LogP contribution in [0.1, 0.15) is 12.5 Å². The molecule has 0 atom stereocenters. The predicted octanol–water partition coefficient (Wildman–Crippen LogP) is 4.79. The van der Waals surface area contributed by atoms with Gasteiger partial charge in [-0.1, -0.05) is 29.8 Å². The summed E-state index contributed by atoms with van der Waals surface area (Å²) in [7, 11) is 0. The second-order valence-electron chi connectivity index (χ2n) is 3.88. The Morgan fingerprint density at radius 1 is 1.28 bits per heavy atom. The molecule has 0 amide bonds. The van der Waals surface area contributed by atoms with Crippen LogP contribution in [0.15, 0.2) is 47.7 Å². The minimum absolute atomic E-state index is 0.355. The van der Waals surface area contributed by atoms with Crippen molar-refractivity contribution in [1.82, 2.24) is 4.90 Å². The van der Waals surface area contributed by atoms with Crippen LogP contribution in [0.5, 0.6) is 0 Å². The topological polar surface area (TPSA) is 3.24 Å². The van der Waals surface area contributed by atoms with Crippen molar-refractivity contribution in [1.29, 1.82) is 0 Å². The summed E-state index contributed by atoms with van der Waals surface area (Å²) in [4.78, 5) is 1.87.